The summed E-state index contributed by atoms with van der Waals surface area (Å²) in [6.07, 6.45) is 4.63. The van der Waals surface area contributed by atoms with Gasteiger partial charge in [0, 0.05) is 43.3 Å². The zero-order valence-corrected chi connectivity index (χ0v) is 24.1. The molecule has 4 N–H and O–H groups in total. The second-order valence-corrected chi connectivity index (χ2v) is 11.8. The summed E-state index contributed by atoms with van der Waals surface area (Å²) in [7, 11) is 1.33. The zero-order valence-electron chi connectivity index (χ0n) is 24.1. The Balaban J connectivity index is 1.28. The SMILES string of the molecule is COc1c(F)cc(N2CCOCC2)cc1C(=O)Nc1cnc(C)c(N2C=C(C(=O)CC3N[C@H]3CC(C)(C)C)NN2)c1. The second kappa shape index (κ2) is 11.6. The molecule has 3 aliphatic heterocycles. The van der Waals surface area contributed by atoms with Crippen molar-refractivity contribution in [2.24, 2.45) is 5.41 Å². The molecule has 0 spiro atoms. The van der Waals surface area contributed by atoms with E-state index in [-0.39, 0.29) is 28.6 Å². The quantitative estimate of drug-likeness (QED) is 0.336. The standard InChI is InChI=1S/C29H38FN7O4/c1-17-25(37-16-24(34-35-37)26(38)13-22-23(33-22)14-29(2,3)4)10-18(15-31-17)32-28(39)20-11-19(12-21(30)27(20)40-5)36-6-8-41-9-7-36/h10-12,15-16,22-23,33-35H,6-9,13-14H2,1-5H3,(H,32,39)/t22?,23-/m0/s1. The summed E-state index contributed by atoms with van der Waals surface area (Å²) in [6.45, 7) is 10.7. The molecule has 0 saturated carbocycles. The Morgan fingerprint density at radius 2 is 1.95 bits per heavy atom. The van der Waals surface area contributed by atoms with Crippen LogP contribution in [0.5, 0.6) is 5.75 Å². The maximum Gasteiger partial charge on any atom is 0.259 e. The minimum absolute atomic E-state index is 0.00162. The number of pyridine rings is 1. The topological polar surface area (TPSA) is 130 Å². The Kier molecular flexibility index (Phi) is 8.16. The highest BCUT2D eigenvalue weighted by Crippen LogP contribution is 2.32. The minimum atomic E-state index is -0.620. The van der Waals surface area contributed by atoms with Gasteiger partial charge in [0.1, 0.15) is 5.70 Å². The highest BCUT2D eigenvalue weighted by atomic mass is 19.1. The number of hydrogen-bond acceptors (Lipinski definition) is 10. The number of rotatable bonds is 9. The summed E-state index contributed by atoms with van der Waals surface area (Å²) >= 11 is 0. The highest BCUT2D eigenvalue weighted by Gasteiger charge is 2.40. The van der Waals surface area contributed by atoms with E-state index in [9.17, 15) is 14.0 Å². The van der Waals surface area contributed by atoms with E-state index in [4.69, 9.17) is 9.47 Å². The third-order valence-electron chi connectivity index (χ3n) is 7.34. The van der Waals surface area contributed by atoms with Crippen LogP contribution in [0.15, 0.2) is 36.3 Å². The molecular formula is C29H38FN7O4. The maximum absolute atomic E-state index is 14.9. The summed E-state index contributed by atoms with van der Waals surface area (Å²) < 4.78 is 25.6. The van der Waals surface area contributed by atoms with Crippen molar-refractivity contribution in [1.82, 2.24) is 21.3 Å². The molecule has 2 fully saturated rings. The summed E-state index contributed by atoms with van der Waals surface area (Å²) in [5.41, 5.74) is 8.94. The Labute approximate surface area is 239 Å². The number of hydrogen-bond donors (Lipinski definition) is 4. The van der Waals surface area contributed by atoms with Gasteiger partial charge in [-0.2, -0.15) is 0 Å². The fraction of sp³-hybridized carbons (Fsp3) is 0.483. The molecule has 0 radical (unpaired) electrons. The van der Waals surface area contributed by atoms with Crippen LogP contribution in [0, 0.1) is 18.2 Å². The van der Waals surface area contributed by atoms with Crippen molar-refractivity contribution in [1.29, 1.82) is 0 Å². The molecule has 1 amide bonds. The molecule has 1 aromatic heterocycles. The van der Waals surface area contributed by atoms with Crippen LogP contribution in [0.1, 0.15) is 49.7 Å². The first-order valence-electron chi connectivity index (χ1n) is 13.8. The molecular weight excluding hydrogens is 529 g/mol. The maximum atomic E-state index is 14.9. The van der Waals surface area contributed by atoms with Crippen LogP contribution in [0.2, 0.25) is 0 Å². The third-order valence-corrected chi connectivity index (χ3v) is 7.34. The van der Waals surface area contributed by atoms with Gasteiger partial charge in [0.25, 0.3) is 5.91 Å². The van der Waals surface area contributed by atoms with Crippen molar-refractivity contribution < 1.29 is 23.5 Å². The number of benzene rings is 1. The Bertz CT molecular complexity index is 1350. The van der Waals surface area contributed by atoms with E-state index in [0.717, 1.165) is 6.42 Å². The molecule has 0 aliphatic carbocycles. The van der Waals surface area contributed by atoms with E-state index >= 15 is 0 Å². The van der Waals surface area contributed by atoms with Gasteiger partial charge in [-0.3, -0.25) is 25.0 Å². The molecule has 2 atom stereocenters. The second-order valence-electron chi connectivity index (χ2n) is 11.8. The van der Waals surface area contributed by atoms with Crippen LogP contribution in [0.25, 0.3) is 0 Å². The molecule has 11 nitrogen and oxygen atoms in total. The van der Waals surface area contributed by atoms with Gasteiger partial charge in [-0.1, -0.05) is 20.8 Å². The summed E-state index contributed by atoms with van der Waals surface area (Å²) in [5.74, 6) is -1.29. The van der Waals surface area contributed by atoms with E-state index in [1.165, 1.54) is 19.4 Å². The predicted molar refractivity (Wildman–Crippen MR) is 154 cm³/mol. The molecule has 220 valence electrons. The Hall–Kier alpha value is -3.74. The number of ether oxygens (including phenoxy) is 2. The lowest BCUT2D eigenvalue weighted by Gasteiger charge is -2.29. The van der Waals surface area contributed by atoms with Gasteiger partial charge in [-0.25, -0.2) is 4.39 Å². The number of anilines is 3. The number of morpholine rings is 1. The van der Waals surface area contributed by atoms with Crippen molar-refractivity contribution in [3.8, 4) is 5.75 Å². The molecule has 12 heteroatoms. The fourth-order valence-electron chi connectivity index (χ4n) is 5.17. The number of allylic oxidation sites excluding steroid dienone is 1. The van der Waals surface area contributed by atoms with Crippen LogP contribution in [-0.4, -0.2) is 62.2 Å². The average molecular weight is 568 g/mol. The molecule has 41 heavy (non-hydrogen) atoms. The minimum Gasteiger partial charge on any atom is -0.493 e. The number of aromatic nitrogens is 1. The molecule has 0 bridgehead atoms. The number of carbonyl (C=O) groups excluding carboxylic acids is 2. The van der Waals surface area contributed by atoms with Crippen molar-refractivity contribution in [2.75, 3.05) is 48.6 Å². The van der Waals surface area contributed by atoms with E-state index in [1.54, 1.807) is 23.3 Å². The van der Waals surface area contributed by atoms with Crippen LogP contribution in [-0.2, 0) is 9.53 Å². The number of nitrogens with one attached hydrogen (secondary N) is 4. The van der Waals surface area contributed by atoms with E-state index in [0.29, 0.717) is 67.2 Å². The molecule has 1 unspecified atom stereocenters. The summed E-state index contributed by atoms with van der Waals surface area (Å²) in [6, 6.07) is 5.27. The van der Waals surface area contributed by atoms with Crippen molar-refractivity contribution in [3.05, 3.63) is 53.4 Å². The van der Waals surface area contributed by atoms with Gasteiger partial charge in [-0.15, -0.1) is 5.53 Å². The first-order chi connectivity index (χ1) is 19.5. The number of Topliss-reactive ketones (excluding diaryl/α,β-unsaturated/α-hetero) is 1. The largest absolute Gasteiger partial charge is 0.493 e. The number of ketones is 1. The molecule has 2 aromatic rings. The molecule has 4 heterocycles. The number of carbonyl (C=O) groups is 2. The number of methoxy groups -OCH3 is 1. The summed E-state index contributed by atoms with van der Waals surface area (Å²) in [4.78, 5) is 32.6. The first-order valence-corrected chi connectivity index (χ1v) is 13.8. The van der Waals surface area contributed by atoms with Gasteiger partial charge in [-0.05, 0) is 30.9 Å². The molecule has 1 aromatic carbocycles. The first kappa shape index (κ1) is 28.8. The van der Waals surface area contributed by atoms with Crippen LogP contribution in [0.3, 0.4) is 0 Å². The Morgan fingerprint density at radius 1 is 1.20 bits per heavy atom. The van der Waals surface area contributed by atoms with Gasteiger partial charge in [0.2, 0.25) is 0 Å². The van der Waals surface area contributed by atoms with Gasteiger partial charge in [0.15, 0.2) is 17.3 Å². The lowest BCUT2D eigenvalue weighted by Crippen LogP contribution is -2.38. The number of nitrogens with zero attached hydrogens (tertiary/aromatic N) is 3. The van der Waals surface area contributed by atoms with E-state index < -0.39 is 11.7 Å². The van der Waals surface area contributed by atoms with Gasteiger partial charge >= 0.3 is 0 Å². The predicted octanol–water partition coefficient (Wildman–Crippen LogP) is 3.03. The van der Waals surface area contributed by atoms with Crippen LogP contribution >= 0.6 is 0 Å². The zero-order chi connectivity index (χ0) is 29.3. The number of amides is 1. The van der Waals surface area contributed by atoms with Crippen LogP contribution < -0.4 is 36.2 Å². The molecule has 2 saturated heterocycles. The highest BCUT2D eigenvalue weighted by molar-refractivity contribution is 6.07. The lowest BCUT2D eigenvalue weighted by molar-refractivity contribution is -0.115. The molecule has 3 aliphatic rings. The Morgan fingerprint density at radius 3 is 2.66 bits per heavy atom. The average Bonchev–Trinajstić information content (AvgIpc) is 3.43. The van der Waals surface area contributed by atoms with Crippen LogP contribution in [0.4, 0.5) is 21.5 Å². The van der Waals surface area contributed by atoms with Gasteiger partial charge in [0.05, 0.1) is 55.4 Å². The van der Waals surface area contributed by atoms with E-state index in [2.05, 4.69) is 47.3 Å². The number of hydrazine groups is 2. The summed E-state index contributed by atoms with van der Waals surface area (Å²) in [5, 5.41) is 7.87. The van der Waals surface area contributed by atoms with E-state index in [1.807, 2.05) is 11.8 Å². The van der Waals surface area contributed by atoms with Crippen molar-refractivity contribution >= 4 is 28.8 Å². The molecule has 5 rings (SSSR count). The smallest absolute Gasteiger partial charge is 0.259 e. The van der Waals surface area contributed by atoms with Gasteiger partial charge < -0.3 is 25.0 Å². The monoisotopic (exact) mass is 567 g/mol. The normalized spacial score (nSPS) is 20.4. The third kappa shape index (κ3) is 6.77. The number of aryl methyl sites for hydroxylation is 1. The number of halogens is 1. The lowest BCUT2D eigenvalue weighted by atomic mass is 9.89. The van der Waals surface area contributed by atoms with Crippen molar-refractivity contribution in [3.63, 3.8) is 0 Å². The van der Waals surface area contributed by atoms with Crippen molar-refractivity contribution in [2.45, 2.75) is 52.6 Å². The fourth-order valence-corrected chi connectivity index (χ4v) is 5.17.